The molecule has 0 aliphatic rings. The van der Waals surface area contributed by atoms with Gasteiger partial charge in [0.05, 0.1) is 17.1 Å². The van der Waals surface area contributed by atoms with Crippen LogP contribution in [0.4, 0.5) is 17.3 Å². The van der Waals surface area contributed by atoms with E-state index in [1.165, 1.54) is 12.1 Å². The number of aromatic nitrogens is 1. The summed E-state index contributed by atoms with van der Waals surface area (Å²) >= 11 is 0. The van der Waals surface area contributed by atoms with Gasteiger partial charge in [0, 0.05) is 26.1 Å². The highest BCUT2D eigenvalue weighted by Crippen LogP contribution is 2.20. The summed E-state index contributed by atoms with van der Waals surface area (Å²) in [5, 5.41) is 19.5. The summed E-state index contributed by atoms with van der Waals surface area (Å²) in [5.74, 6) is 0.762. The van der Waals surface area contributed by atoms with Crippen molar-refractivity contribution in [2.75, 3.05) is 30.3 Å². The third-order valence-corrected chi connectivity index (χ3v) is 2.61. The second-order valence-electron chi connectivity index (χ2n) is 4.41. The first-order valence-electron chi connectivity index (χ1n) is 6.97. The molecule has 1 rings (SSSR count). The van der Waals surface area contributed by atoms with Gasteiger partial charge in [0.25, 0.3) is 5.69 Å². The minimum absolute atomic E-state index is 0.0379. The molecule has 0 aromatic carbocycles. The SMILES string of the molecule is CCCNc1cc([N+](=O)[O-])cc(NCCC(=O)NCC)n1. The predicted molar refractivity (Wildman–Crippen MR) is 81.5 cm³/mol. The van der Waals surface area contributed by atoms with Gasteiger partial charge in [0.15, 0.2) is 0 Å². The summed E-state index contributed by atoms with van der Waals surface area (Å²) in [4.78, 5) is 26.0. The average Bonchev–Trinajstić information content (AvgIpc) is 2.45. The first kappa shape index (κ1) is 16.7. The molecule has 0 spiro atoms. The van der Waals surface area contributed by atoms with E-state index in [0.717, 1.165) is 6.42 Å². The molecule has 0 fully saturated rings. The fourth-order valence-corrected chi connectivity index (χ4v) is 1.65. The van der Waals surface area contributed by atoms with E-state index < -0.39 is 4.92 Å². The third-order valence-electron chi connectivity index (χ3n) is 2.61. The number of rotatable bonds is 9. The molecule has 8 heteroatoms. The summed E-state index contributed by atoms with van der Waals surface area (Å²) in [6.07, 6.45) is 1.18. The Bertz CT molecular complexity index is 493. The van der Waals surface area contributed by atoms with E-state index in [1.54, 1.807) is 0 Å². The molecule has 0 saturated carbocycles. The second kappa shape index (κ2) is 8.72. The molecule has 1 aromatic heterocycles. The maximum Gasteiger partial charge on any atom is 0.276 e. The number of nitro groups is 1. The Morgan fingerprint density at radius 1 is 1.24 bits per heavy atom. The van der Waals surface area contributed by atoms with Crippen LogP contribution in [0.3, 0.4) is 0 Å². The van der Waals surface area contributed by atoms with E-state index in [9.17, 15) is 14.9 Å². The van der Waals surface area contributed by atoms with Crippen LogP contribution < -0.4 is 16.0 Å². The van der Waals surface area contributed by atoms with Crippen LogP contribution in [0.15, 0.2) is 12.1 Å². The molecule has 0 saturated heterocycles. The Balaban J connectivity index is 2.69. The maximum absolute atomic E-state index is 11.3. The van der Waals surface area contributed by atoms with Crippen LogP contribution in [0, 0.1) is 10.1 Å². The van der Waals surface area contributed by atoms with Gasteiger partial charge < -0.3 is 16.0 Å². The molecule has 0 radical (unpaired) electrons. The number of nitrogens with one attached hydrogen (secondary N) is 3. The predicted octanol–water partition coefficient (Wildman–Crippen LogP) is 1.75. The molecule has 8 nitrogen and oxygen atoms in total. The van der Waals surface area contributed by atoms with E-state index in [-0.39, 0.29) is 18.0 Å². The highest BCUT2D eigenvalue weighted by atomic mass is 16.6. The van der Waals surface area contributed by atoms with E-state index in [0.29, 0.717) is 31.3 Å². The molecule has 1 heterocycles. The normalized spacial score (nSPS) is 10.0. The number of hydrogen-bond acceptors (Lipinski definition) is 6. The number of hydrogen-bond donors (Lipinski definition) is 3. The molecule has 1 aromatic rings. The largest absolute Gasteiger partial charge is 0.370 e. The van der Waals surface area contributed by atoms with Crippen LogP contribution in [0.5, 0.6) is 0 Å². The Morgan fingerprint density at radius 2 is 1.86 bits per heavy atom. The fraction of sp³-hybridized carbons (Fsp3) is 0.538. The van der Waals surface area contributed by atoms with Gasteiger partial charge in [-0.25, -0.2) is 4.98 Å². The van der Waals surface area contributed by atoms with Gasteiger partial charge >= 0.3 is 0 Å². The van der Waals surface area contributed by atoms with Crippen LogP contribution in [-0.4, -0.2) is 35.4 Å². The van der Waals surface area contributed by atoms with Crippen molar-refractivity contribution in [3.05, 3.63) is 22.2 Å². The van der Waals surface area contributed by atoms with Gasteiger partial charge in [-0.3, -0.25) is 14.9 Å². The van der Waals surface area contributed by atoms with Gasteiger partial charge in [-0.1, -0.05) is 6.92 Å². The van der Waals surface area contributed by atoms with Crippen molar-refractivity contribution < 1.29 is 9.72 Å². The maximum atomic E-state index is 11.3. The van der Waals surface area contributed by atoms with Crippen molar-refractivity contribution in [3.63, 3.8) is 0 Å². The molecule has 3 N–H and O–H groups in total. The fourth-order valence-electron chi connectivity index (χ4n) is 1.65. The Kier molecular flexibility index (Phi) is 6.93. The molecule has 116 valence electrons. The van der Waals surface area contributed by atoms with Gasteiger partial charge in [-0.15, -0.1) is 0 Å². The van der Waals surface area contributed by atoms with Crippen LogP contribution in [-0.2, 0) is 4.79 Å². The molecule has 1 amide bonds. The number of carbonyl (C=O) groups excluding carboxylic acids is 1. The highest BCUT2D eigenvalue weighted by Gasteiger charge is 2.11. The summed E-state index contributed by atoms with van der Waals surface area (Å²) in [6.45, 7) is 5.48. The monoisotopic (exact) mass is 295 g/mol. The average molecular weight is 295 g/mol. The molecular weight excluding hydrogens is 274 g/mol. The van der Waals surface area contributed by atoms with Crippen LogP contribution in [0.2, 0.25) is 0 Å². The Hall–Kier alpha value is -2.38. The van der Waals surface area contributed by atoms with Crippen LogP contribution >= 0.6 is 0 Å². The van der Waals surface area contributed by atoms with E-state index in [4.69, 9.17) is 0 Å². The lowest BCUT2D eigenvalue weighted by atomic mass is 10.3. The van der Waals surface area contributed by atoms with E-state index >= 15 is 0 Å². The van der Waals surface area contributed by atoms with Crippen LogP contribution in [0.25, 0.3) is 0 Å². The Labute approximate surface area is 123 Å². The summed E-state index contributed by atoms with van der Waals surface area (Å²) in [5.41, 5.74) is -0.0379. The first-order chi connectivity index (χ1) is 10.1. The molecular formula is C13H21N5O3. The zero-order valence-electron chi connectivity index (χ0n) is 12.3. The lowest BCUT2D eigenvalue weighted by Gasteiger charge is -2.09. The second-order valence-corrected chi connectivity index (χ2v) is 4.41. The Morgan fingerprint density at radius 3 is 2.38 bits per heavy atom. The van der Waals surface area contributed by atoms with Crippen molar-refractivity contribution in [2.24, 2.45) is 0 Å². The first-order valence-corrected chi connectivity index (χ1v) is 6.97. The lowest BCUT2D eigenvalue weighted by Crippen LogP contribution is -2.24. The number of pyridine rings is 1. The number of amides is 1. The molecule has 0 bridgehead atoms. The van der Waals surface area contributed by atoms with E-state index in [2.05, 4.69) is 20.9 Å². The quantitative estimate of drug-likeness (QED) is 0.473. The summed E-state index contributed by atoms with van der Waals surface area (Å²) in [7, 11) is 0. The number of anilines is 2. The smallest absolute Gasteiger partial charge is 0.276 e. The van der Waals surface area contributed by atoms with Crippen molar-refractivity contribution >= 4 is 23.2 Å². The van der Waals surface area contributed by atoms with Gasteiger partial charge in [0.2, 0.25) is 5.91 Å². The molecule has 0 aliphatic carbocycles. The van der Waals surface area contributed by atoms with Crippen molar-refractivity contribution in [3.8, 4) is 0 Å². The number of carbonyl (C=O) groups is 1. The summed E-state index contributed by atoms with van der Waals surface area (Å²) < 4.78 is 0. The molecule has 0 aliphatic heterocycles. The third kappa shape index (κ3) is 6.07. The minimum Gasteiger partial charge on any atom is -0.370 e. The lowest BCUT2D eigenvalue weighted by molar-refractivity contribution is -0.384. The molecule has 0 unspecified atom stereocenters. The molecule has 0 atom stereocenters. The molecule has 21 heavy (non-hydrogen) atoms. The van der Waals surface area contributed by atoms with Gasteiger partial charge in [-0.05, 0) is 13.3 Å². The summed E-state index contributed by atoms with van der Waals surface area (Å²) in [6, 6.07) is 2.75. The van der Waals surface area contributed by atoms with E-state index in [1.807, 2.05) is 13.8 Å². The highest BCUT2D eigenvalue weighted by molar-refractivity contribution is 5.76. The van der Waals surface area contributed by atoms with Crippen molar-refractivity contribution in [1.29, 1.82) is 0 Å². The standard InChI is InChI=1S/C13H21N5O3/c1-3-6-15-11-8-10(18(20)21)9-12(17-11)16-7-5-13(19)14-4-2/h8-9H,3-7H2,1-2H3,(H,14,19)(H2,15,16,17). The van der Waals surface area contributed by atoms with Gasteiger partial charge in [-0.2, -0.15) is 0 Å². The van der Waals surface area contributed by atoms with Gasteiger partial charge in [0.1, 0.15) is 11.6 Å². The van der Waals surface area contributed by atoms with Crippen LogP contribution in [0.1, 0.15) is 26.7 Å². The van der Waals surface area contributed by atoms with Crippen molar-refractivity contribution in [2.45, 2.75) is 26.7 Å². The van der Waals surface area contributed by atoms with Crippen molar-refractivity contribution in [1.82, 2.24) is 10.3 Å². The zero-order chi connectivity index (χ0) is 15.7. The topological polar surface area (TPSA) is 109 Å². The minimum atomic E-state index is -0.465. The number of nitrogens with zero attached hydrogens (tertiary/aromatic N) is 2. The zero-order valence-corrected chi connectivity index (χ0v) is 12.3.